The van der Waals surface area contributed by atoms with Gasteiger partial charge in [-0.15, -0.1) is 0 Å². The maximum absolute atomic E-state index is 12.6. The van der Waals surface area contributed by atoms with E-state index in [2.05, 4.69) is 0 Å². The number of piperidine rings is 1. The summed E-state index contributed by atoms with van der Waals surface area (Å²) in [5.74, 6) is 0.0158. The number of ether oxygens (including phenoxy) is 1. The zero-order valence-electron chi connectivity index (χ0n) is 14.7. The number of hydrogen-bond donors (Lipinski definition) is 0. The first kappa shape index (κ1) is 17.3. The van der Waals surface area contributed by atoms with Crippen molar-refractivity contribution in [3.8, 4) is 5.75 Å². The first-order valence-electron chi connectivity index (χ1n) is 8.54. The summed E-state index contributed by atoms with van der Waals surface area (Å²) < 4.78 is 5.45. The van der Waals surface area contributed by atoms with Gasteiger partial charge < -0.3 is 14.5 Å². The molecule has 3 rings (SSSR count). The molecule has 1 aromatic carbocycles. The molecule has 2 aliphatic rings. The van der Waals surface area contributed by atoms with Crippen LogP contribution in [0, 0.1) is 0 Å². The number of hydrogen-bond acceptors (Lipinski definition) is 4. The van der Waals surface area contributed by atoms with E-state index in [9.17, 15) is 14.4 Å². The second-order valence-corrected chi connectivity index (χ2v) is 6.59. The lowest BCUT2D eigenvalue weighted by Crippen LogP contribution is -2.47. The Kier molecular flexibility index (Phi) is 4.92. The molecule has 0 atom stereocenters. The van der Waals surface area contributed by atoms with E-state index in [1.54, 1.807) is 37.2 Å². The summed E-state index contributed by atoms with van der Waals surface area (Å²) in [6.07, 6.45) is 3.14. The van der Waals surface area contributed by atoms with Crippen molar-refractivity contribution in [3.63, 3.8) is 0 Å². The van der Waals surface area contributed by atoms with Crippen LogP contribution in [0.3, 0.4) is 0 Å². The molecule has 0 bridgehead atoms. The normalized spacial score (nSPS) is 17.0. The molecule has 1 saturated heterocycles. The van der Waals surface area contributed by atoms with Crippen molar-refractivity contribution in [1.82, 2.24) is 9.80 Å². The summed E-state index contributed by atoms with van der Waals surface area (Å²) in [5, 5.41) is 0. The van der Waals surface area contributed by atoms with Gasteiger partial charge in [-0.25, -0.2) is 0 Å². The SMILES string of the molecule is CN(C)C(=O)c1ccc2c(c1)N(CC(=O)N1CCCCC1)C(=O)CO2. The van der Waals surface area contributed by atoms with Gasteiger partial charge in [0.2, 0.25) is 5.91 Å². The molecule has 1 aromatic rings. The van der Waals surface area contributed by atoms with Crippen LogP contribution in [0.1, 0.15) is 29.6 Å². The molecule has 0 radical (unpaired) electrons. The molecular formula is C18H23N3O4. The minimum atomic E-state index is -0.271. The van der Waals surface area contributed by atoms with Crippen molar-refractivity contribution in [2.45, 2.75) is 19.3 Å². The first-order chi connectivity index (χ1) is 12.0. The molecule has 0 aromatic heterocycles. The van der Waals surface area contributed by atoms with Crippen LogP contribution in [0.5, 0.6) is 5.75 Å². The summed E-state index contributed by atoms with van der Waals surface area (Å²) in [7, 11) is 3.34. The quantitative estimate of drug-likeness (QED) is 0.823. The van der Waals surface area contributed by atoms with Gasteiger partial charge in [0.25, 0.3) is 11.8 Å². The number of anilines is 1. The highest BCUT2D eigenvalue weighted by Gasteiger charge is 2.30. The fourth-order valence-corrected chi connectivity index (χ4v) is 3.15. The zero-order chi connectivity index (χ0) is 18.0. The van der Waals surface area contributed by atoms with Gasteiger partial charge in [0.15, 0.2) is 6.61 Å². The van der Waals surface area contributed by atoms with E-state index < -0.39 is 0 Å². The lowest BCUT2D eigenvalue weighted by molar-refractivity contribution is -0.132. The van der Waals surface area contributed by atoms with Crippen molar-refractivity contribution in [2.75, 3.05) is 45.2 Å². The van der Waals surface area contributed by atoms with E-state index in [0.29, 0.717) is 17.0 Å². The number of carbonyl (C=O) groups is 3. The first-order valence-corrected chi connectivity index (χ1v) is 8.54. The van der Waals surface area contributed by atoms with Crippen molar-refractivity contribution in [1.29, 1.82) is 0 Å². The largest absolute Gasteiger partial charge is 0.482 e. The van der Waals surface area contributed by atoms with Gasteiger partial charge >= 0.3 is 0 Å². The van der Waals surface area contributed by atoms with Crippen LogP contribution < -0.4 is 9.64 Å². The maximum atomic E-state index is 12.6. The molecule has 2 aliphatic heterocycles. The predicted octanol–water partition coefficient (Wildman–Crippen LogP) is 1.13. The van der Waals surface area contributed by atoms with Gasteiger partial charge in [0, 0.05) is 32.7 Å². The molecule has 0 spiro atoms. The molecule has 2 heterocycles. The Balaban J connectivity index is 1.85. The van der Waals surface area contributed by atoms with Crippen LogP contribution in [-0.2, 0) is 9.59 Å². The zero-order valence-corrected chi connectivity index (χ0v) is 14.7. The molecule has 0 N–H and O–H groups in total. The van der Waals surface area contributed by atoms with E-state index in [1.165, 1.54) is 9.80 Å². The minimum absolute atomic E-state index is 0.0190. The number of likely N-dealkylation sites (tertiary alicyclic amines) is 1. The molecule has 0 saturated carbocycles. The molecule has 0 unspecified atom stereocenters. The summed E-state index contributed by atoms with van der Waals surface area (Å²) >= 11 is 0. The highest BCUT2D eigenvalue weighted by Crippen LogP contribution is 2.33. The highest BCUT2D eigenvalue weighted by atomic mass is 16.5. The highest BCUT2D eigenvalue weighted by molar-refractivity contribution is 6.04. The van der Waals surface area contributed by atoms with Crippen LogP contribution in [0.4, 0.5) is 5.69 Å². The number of rotatable bonds is 3. The van der Waals surface area contributed by atoms with Gasteiger partial charge in [0.05, 0.1) is 5.69 Å². The molecule has 134 valence electrons. The number of amides is 3. The Bertz CT molecular complexity index is 696. The lowest BCUT2D eigenvalue weighted by atomic mass is 10.1. The number of benzene rings is 1. The molecule has 0 aliphatic carbocycles. The third-order valence-electron chi connectivity index (χ3n) is 4.56. The average molecular weight is 345 g/mol. The van der Waals surface area contributed by atoms with E-state index in [4.69, 9.17) is 4.74 Å². The van der Waals surface area contributed by atoms with Crippen LogP contribution in [0.25, 0.3) is 0 Å². The standard InChI is InChI=1S/C18H23N3O4/c1-19(2)18(24)13-6-7-15-14(10-13)21(17(23)12-25-15)11-16(22)20-8-4-3-5-9-20/h6-7,10H,3-5,8-9,11-12H2,1-2H3. The smallest absolute Gasteiger partial charge is 0.265 e. The molecule has 1 fully saturated rings. The number of carbonyl (C=O) groups excluding carboxylic acids is 3. The van der Waals surface area contributed by atoms with Crippen LogP contribution >= 0.6 is 0 Å². The van der Waals surface area contributed by atoms with Crippen molar-refractivity contribution in [2.24, 2.45) is 0 Å². The molecule has 25 heavy (non-hydrogen) atoms. The van der Waals surface area contributed by atoms with Crippen molar-refractivity contribution >= 4 is 23.4 Å². The number of fused-ring (bicyclic) bond motifs is 1. The lowest BCUT2D eigenvalue weighted by Gasteiger charge is -2.33. The Labute approximate surface area is 147 Å². The Morgan fingerprint density at radius 1 is 1.16 bits per heavy atom. The maximum Gasteiger partial charge on any atom is 0.265 e. The molecule has 3 amide bonds. The predicted molar refractivity (Wildman–Crippen MR) is 92.7 cm³/mol. The van der Waals surface area contributed by atoms with E-state index in [-0.39, 0.29) is 30.9 Å². The number of nitrogens with zero attached hydrogens (tertiary/aromatic N) is 3. The monoisotopic (exact) mass is 345 g/mol. The summed E-state index contributed by atoms with van der Waals surface area (Å²) in [6, 6.07) is 4.97. The molecule has 7 nitrogen and oxygen atoms in total. The minimum Gasteiger partial charge on any atom is -0.482 e. The van der Waals surface area contributed by atoms with Gasteiger partial charge in [-0.3, -0.25) is 19.3 Å². The third-order valence-corrected chi connectivity index (χ3v) is 4.56. The second-order valence-electron chi connectivity index (χ2n) is 6.59. The van der Waals surface area contributed by atoms with E-state index in [1.807, 2.05) is 0 Å². The van der Waals surface area contributed by atoms with Gasteiger partial charge in [-0.05, 0) is 37.5 Å². The average Bonchev–Trinajstić information content (AvgIpc) is 2.63. The van der Waals surface area contributed by atoms with Gasteiger partial charge in [-0.1, -0.05) is 0 Å². The van der Waals surface area contributed by atoms with Crippen LogP contribution in [0.15, 0.2) is 18.2 Å². The van der Waals surface area contributed by atoms with Gasteiger partial charge in [-0.2, -0.15) is 0 Å². The van der Waals surface area contributed by atoms with Crippen LogP contribution in [0.2, 0.25) is 0 Å². The summed E-state index contributed by atoms with van der Waals surface area (Å²) in [4.78, 5) is 41.8. The fraction of sp³-hybridized carbons (Fsp3) is 0.500. The van der Waals surface area contributed by atoms with Crippen LogP contribution in [-0.4, -0.2) is 67.9 Å². The second kappa shape index (κ2) is 7.13. The summed E-state index contributed by atoms with van der Waals surface area (Å²) in [6.45, 7) is 1.36. The third kappa shape index (κ3) is 3.60. The van der Waals surface area contributed by atoms with Crippen molar-refractivity contribution < 1.29 is 19.1 Å². The Morgan fingerprint density at radius 3 is 2.56 bits per heavy atom. The Hall–Kier alpha value is -2.57. The molecule has 7 heteroatoms. The molecular weight excluding hydrogens is 322 g/mol. The topological polar surface area (TPSA) is 70.2 Å². The van der Waals surface area contributed by atoms with Crippen molar-refractivity contribution in [3.05, 3.63) is 23.8 Å². The Morgan fingerprint density at radius 2 is 1.88 bits per heavy atom. The van der Waals surface area contributed by atoms with Gasteiger partial charge in [0.1, 0.15) is 12.3 Å². The fourth-order valence-electron chi connectivity index (χ4n) is 3.15. The van der Waals surface area contributed by atoms with E-state index >= 15 is 0 Å². The summed E-state index contributed by atoms with van der Waals surface area (Å²) in [5.41, 5.74) is 0.937. The van der Waals surface area contributed by atoms with E-state index in [0.717, 1.165) is 32.4 Å².